The summed E-state index contributed by atoms with van der Waals surface area (Å²) in [5, 5.41) is 4.22. The van der Waals surface area contributed by atoms with Crippen molar-refractivity contribution in [2.24, 2.45) is 0 Å². The summed E-state index contributed by atoms with van der Waals surface area (Å²) < 4.78 is 10.4. The van der Waals surface area contributed by atoms with Crippen LogP contribution in [-0.4, -0.2) is 39.5 Å². The number of hydrogen-bond acceptors (Lipinski definition) is 2. The lowest BCUT2D eigenvalue weighted by atomic mass is 10.1. The van der Waals surface area contributed by atoms with Gasteiger partial charge in [0.05, 0.1) is 12.2 Å². The minimum absolute atomic E-state index is 0.179. The molecule has 1 heterocycles. The SMILES string of the molecule is COC1CC[N]CC1OC. The molecule has 0 bridgehead atoms. The summed E-state index contributed by atoms with van der Waals surface area (Å²) in [6, 6.07) is 0. The van der Waals surface area contributed by atoms with Crippen LogP contribution in [0, 0.1) is 0 Å². The van der Waals surface area contributed by atoms with Crippen molar-refractivity contribution < 1.29 is 9.47 Å². The van der Waals surface area contributed by atoms with E-state index in [1.54, 1.807) is 14.2 Å². The predicted octanol–water partition coefficient (Wildman–Crippen LogP) is 0.0245. The highest BCUT2D eigenvalue weighted by Crippen LogP contribution is 2.10. The summed E-state index contributed by atoms with van der Waals surface area (Å²) >= 11 is 0. The van der Waals surface area contributed by atoms with Gasteiger partial charge in [0.1, 0.15) is 0 Å². The van der Waals surface area contributed by atoms with Crippen molar-refractivity contribution in [3.05, 3.63) is 0 Å². The van der Waals surface area contributed by atoms with Gasteiger partial charge in [-0.1, -0.05) is 0 Å². The van der Waals surface area contributed by atoms with Crippen LogP contribution in [-0.2, 0) is 9.47 Å². The van der Waals surface area contributed by atoms with Crippen molar-refractivity contribution >= 4 is 0 Å². The molecule has 10 heavy (non-hydrogen) atoms. The normalized spacial score (nSPS) is 34.2. The van der Waals surface area contributed by atoms with Gasteiger partial charge in [0.2, 0.25) is 0 Å². The van der Waals surface area contributed by atoms with Crippen LogP contribution in [0.2, 0.25) is 0 Å². The molecule has 2 atom stereocenters. The minimum Gasteiger partial charge on any atom is -0.379 e. The van der Waals surface area contributed by atoms with Gasteiger partial charge in [0.15, 0.2) is 0 Å². The highest BCUT2D eigenvalue weighted by atomic mass is 16.5. The molecule has 59 valence electrons. The van der Waals surface area contributed by atoms with Crippen molar-refractivity contribution in [3.8, 4) is 0 Å². The molecule has 1 radical (unpaired) electrons. The first kappa shape index (κ1) is 7.98. The molecule has 2 unspecified atom stereocenters. The topological polar surface area (TPSA) is 32.6 Å². The Morgan fingerprint density at radius 3 is 2.40 bits per heavy atom. The Balaban J connectivity index is 2.34. The first-order chi connectivity index (χ1) is 4.88. The Hall–Kier alpha value is -0.120. The van der Waals surface area contributed by atoms with Gasteiger partial charge in [-0.05, 0) is 6.42 Å². The zero-order chi connectivity index (χ0) is 7.40. The molecule has 0 aliphatic carbocycles. The first-order valence-corrected chi connectivity index (χ1v) is 3.57. The smallest absolute Gasteiger partial charge is 0.0973 e. The second-order valence-electron chi connectivity index (χ2n) is 2.47. The van der Waals surface area contributed by atoms with E-state index in [4.69, 9.17) is 9.47 Å². The highest BCUT2D eigenvalue weighted by Gasteiger charge is 2.24. The number of nitrogens with zero attached hydrogens (tertiary/aromatic N) is 1. The molecule has 0 aromatic heterocycles. The summed E-state index contributed by atoms with van der Waals surface area (Å²) in [4.78, 5) is 0. The van der Waals surface area contributed by atoms with E-state index in [0.717, 1.165) is 19.5 Å². The fourth-order valence-electron chi connectivity index (χ4n) is 1.24. The van der Waals surface area contributed by atoms with E-state index in [1.165, 1.54) is 0 Å². The van der Waals surface area contributed by atoms with E-state index >= 15 is 0 Å². The Morgan fingerprint density at radius 1 is 1.20 bits per heavy atom. The molecule has 1 saturated heterocycles. The Bertz CT molecular complexity index is 85.6. The molecule has 0 aromatic carbocycles. The van der Waals surface area contributed by atoms with Crippen LogP contribution in [0.4, 0.5) is 0 Å². The van der Waals surface area contributed by atoms with Gasteiger partial charge in [-0.15, -0.1) is 0 Å². The summed E-state index contributed by atoms with van der Waals surface area (Å²) in [5.74, 6) is 0. The van der Waals surface area contributed by atoms with Crippen LogP contribution in [0.5, 0.6) is 0 Å². The van der Waals surface area contributed by atoms with E-state index < -0.39 is 0 Å². The van der Waals surface area contributed by atoms with Crippen LogP contribution >= 0.6 is 0 Å². The Morgan fingerprint density at radius 2 is 1.90 bits per heavy atom. The third kappa shape index (κ3) is 1.68. The summed E-state index contributed by atoms with van der Waals surface area (Å²) in [5.41, 5.74) is 0. The van der Waals surface area contributed by atoms with E-state index in [2.05, 4.69) is 5.32 Å². The van der Waals surface area contributed by atoms with Crippen LogP contribution < -0.4 is 5.32 Å². The van der Waals surface area contributed by atoms with Crippen LogP contribution in [0.3, 0.4) is 0 Å². The summed E-state index contributed by atoms with van der Waals surface area (Å²) in [6.45, 7) is 1.70. The molecule has 0 saturated carbocycles. The quantitative estimate of drug-likeness (QED) is 0.547. The van der Waals surface area contributed by atoms with E-state index in [9.17, 15) is 0 Å². The molecule has 1 aliphatic heterocycles. The van der Waals surface area contributed by atoms with Gasteiger partial charge in [-0.2, -0.15) is 0 Å². The van der Waals surface area contributed by atoms with E-state index in [-0.39, 0.29) is 12.2 Å². The standard InChI is InChI=1S/C7H14NO2/c1-9-6-3-4-8-5-7(6)10-2/h6-7H,3-5H2,1-2H3. The largest absolute Gasteiger partial charge is 0.379 e. The zero-order valence-corrected chi connectivity index (χ0v) is 6.54. The second kappa shape index (κ2) is 3.91. The van der Waals surface area contributed by atoms with Crippen molar-refractivity contribution in [1.29, 1.82) is 0 Å². The zero-order valence-electron chi connectivity index (χ0n) is 6.54. The van der Waals surface area contributed by atoms with Crippen molar-refractivity contribution in [2.75, 3.05) is 27.3 Å². The first-order valence-electron chi connectivity index (χ1n) is 3.57. The lowest BCUT2D eigenvalue weighted by Gasteiger charge is -2.28. The maximum absolute atomic E-state index is 5.21. The van der Waals surface area contributed by atoms with Gasteiger partial charge in [-0.25, -0.2) is 5.32 Å². The third-order valence-corrected chi connectivity index (χ3v) is 1.90. The van der Waals surface area contributed by atoms with Crippen LogP contribution in [0.15, 0.2) is 0 Å². The summed E-state index contributed by atoms with van der Waals surface area (Å²) in [7, 11) is 3.43. The molecule has 0 aromatic rings. The minimum atomic E-state index is 0.179. The Kier molecular flexibility index (Phi) is 3.12. The average Bonchev–Trinajstić information content (AvgIpc) is 2.04. The molecule has 3 nitrogen and oxygen atoms in total. The lowest BCUT2D eigenvalue weighted by molar-refractivity contribution is -0.0508. The van der Waals surface area contributed by atoms with Gasteiger partial charge >= 0.3 is 0 Å². The molecule has 1 fully saturated rings. The number of rotatable bonds is 2. The maximum atomic E-state index is 5.21. The van der Waals surface area contributed by atoms with E-state index in [1.807, 2.05) is 0 Å². The third-order valence-electron chi connectivity index (χ3n) is 1.90. The number of methoxy groups -OCH3 is 2. The fraction of sp³-hybridized carbons (Fsp3) is 1.00. The van der Waals surface area contributed by atoms with Gasteiger partial charge in [0, 0.05) is 27.3 Å². The van der Waals surface area contributed by atoms with Crippen molar-refractivity contribution in [3.63, 3.8) is 0 Å². The van der Waals surface area contributed by atoms with Gasteiger partial charge in [-0.3, -0.25) is 0 Å². The highest BCUT2D eigenvalue weighted by molar-refractivity contribution is 4.78. The van der Waals surface area contributed by atoms with Crippen LogP contribution in [0.1, 0.15) is 6.42 Å². The number of ether oxygens (including phenoxy) is 2. The molecule has 0 amide bonds. The second-order valence-corrected chi connectivity index (χ2v) is 2.47. The molecular weight excluding hydrogens is 130 g/mol. The molecule has 1 rings (SSSR count). The molecular formula is C7H14NO2. The molecule has 3 heteroatoms. The molecule has 0 N–H and O–H groups in total. The van der Waals surface area contributed by atoms with Crippen molar-refractivity contribution in [1.82, 2.24) is 5.32 Å². The van der Waals surface area contributed by atoms with Gasteiger partial charge in [0.25, 0.3) is 0 Å². The number of piperidine rings is 1. The van der Waals surface area contributed by atoms with E-state index in [0.29, 0.717) is 0 Å². The molecule has 0 spiro atoms. The lowest BCUT2D eigenvalue weighted by Crippen LogP contribution is -2.42. The van der Waals surface area contributed by atoms with Crippen LogP contribution in [0.25, 0.3) is 0 Å². The maximum Gasteiger partial charge on any atom is 0.0973 e. The fourth-order valence-corrected chi connectivity index (χ4v) is 1.24. The Labute approximate surface area is 61.7 Å². The van der Waals surface area contributed by atoms with Gasteiger partial charge < -0.3 is 9.47 Å². The van der Waals surface area contributed by atoms with Crippen molar-refractivity contribution in [2.45, 2.75) is 18.6 Å². The monoisotopic (exact) mass is 144 g/mol. The summed E-state index contributed by atoms with van der Waals surface area (Å²) in [6.07, 6.45) is 1.43. The predicted molar refractivity (Wildman–Crippen MR) is 38.1 cm³/mol. The number of hydrogen-bond donors (Lipinski definition) is 0. The average molecular weight is 144 g/mol. The molecule has 1 aliphatic rings.